The minimum Gasteiger partial charge on any atom is -0.339 e. The molecule has 31 heavy (non-hydrogen) atoms. The van der Waals surface area contributed by atoms with Crippen LogP contribution in [0.4, 0.5) is 0 Å². The Labute approximate surface area is 187 Å². The molecule has 0 N–H and O–H groups in total. The van der Waals surface area contributed by atoms with Gasteiger partial charge in [-0.1, -0.05) is 49.0 Å². The van der Waals surface area contributed by atoms with Crippen LogP contribution in [0.5, 0.6) is 0 Å². The number of carbonyl (C=O) groups is 1. The molecule has 1 atom stereocenters. The lowest BCUT2D eigenvalue weighted by Gasteiger charge is -2.35. The quantitative estimate of drug-likeness (QED) is 0.531. The second-order valence-electron chi connectivity index (χ2n) is 7.63. The van der Waals surface area contributed by atoms with E-state index in [1.165, 1.54) is 11.8 Å². The minimum absolute atomic E-state index is 0.167. The highest BCUT2D eigenvalue weighted by Gasteiger charge is 2.27. The molecule has 0 spiro atoms. The van der Waals surface area contributed by atoms with E-state index < -0.39 is 0 Å². The van der Waals surface area contributed by atoms with Crippen LogP contribution in [0.25, 0.3) is 11.4 Å². The zero-order valence-corrected chi connectivity index (χ0v) is 18.8. The maximum absolute atomic E-state index is 13.1. The van der Waals surface area contributed by atoms with E-state index in [2.05, 4.69) is 43.7 Å². The van der Waals surface area contributed by atoms with E-state index in [-0.39, 0.29) is 11.2 Å². The van der Waals surface area contributed by atoms with Crippen molar-refractivity contribution in [1.29, 1.82) is 0 Å². The molecule has 3 aromatic rings. The fraction of sp³-hybridized carbons (Fsp3) is 0.391. The van der Waals surface area contributed by atoms with Gasteiger partial charge in [0.1, 0.15) is 0 Å². The Morgan fingerprint density at radius 2 is 1.74 bits per heavy atom. The number of rotatable bonds is 7. The Morgan fingerprint density at radius 1 is 1.03 bits per heavy atom. The Morgan fingerprint density at radius 3 is 2.42 bits per heavy atom. The maximum Gasteiger partial charge on any atom is 0.235 e. The highest BCUT2D eigenvalue weighted by Crippen LogP contribution is 2.28. The Balaban J connectivity index is 1.55. The summed E-state index contributed by atoms with van der Waals surface area (Å²) in [6, 6.07) is 14.1. The zero-order chi connectivity index (χ0) is 21.6. The fourth-order valence-electron chi connectivity index (χ4n) is 3.75. The number of thioether (sulfide) groups is 1. The smallest absolute Gasteiger partial charge is 0.235 e. The summed E-state index contributed by atoms with van der Waals surface area (Å²) in [5.41, 5.74) is 2.12. The number of hydrogen-bond acceptors (Lipinski definition) is 6. The molecular formula is C23H28N6OS. The summed E-state index contributed by atoms with van der Waals surface area (Å²) in [5.74, 6) is 0.949. The van der Waals surface area contributed by atoms with Crippen molar-refractivity contribution in [3.8, 4) is 11.4 Å². The van der Waals surface area contributed by atoms with Crippen LogP contribution in [-0.4, -0.2) is 73.4 Å². The second kappa shape index (κ2) is 10.1. The van der Waals surface area contributed by atoms with Gasteiger partial charge in [-0.15, -0.1) is 10.2 Å². The molecule has 1 aromatic carbocycles. The molecule has 1 aliphatic heterocycles. The van der Waals surface area contributed by atoms with Gasteiger partial charge in [0, 0.05) is 44.1 Å². The number of aromatic nitrogens is 4. The van der Waals surface area contributed by atoms with Gasteiger partial charge in [-0.25, -0.2) is 0 Å². The Kier molecular flexibility index (Phi) is 6.99. The number of hydrogen-bond donors (Lipinski definition) is 0. The van der Waals surface area contributed by atoms with Gasteiger partial charge in [0.05, 0.1) is 11.8 Å². The van der Waals surface area contributed by atoms with Crippen molar-refractivity contribution >= 4 is 17.7 Å². The predicted octanol–water partition coefficient (Wildman–Crippen LogP) is 3.03. The molecule has 1 saturated heterocycles. The summed E-state index contributed by atoms with van der Waals surface area (Å²) >= 11 is 1.48. The molecule has 4 rings (SSSR count). The van der Waals surface area contributed by atoms with Crippen LogP contribution in [0.15, 0.2) is 60.0 Å². The van der Waals surface area contributed by atoms with Crippen LogP contribution in [0.3, 0.4) is 0 Å². The van der Waals surface area contributed by atoms with Gasteiger partial charge in [-0.3, -0.25) is 14.3 Å². The van der Waals surface area contributed by atoms with Crippen LogP contribution in [0, 0.1) is 0 Å². The molecule has 7 nitrogen and oxygen atoms in total. The first kappa shape index (κ1) is 21.5. The standard InChI is InChI=1S/C23H28N6OS/c1-3-27-13-15-28(16-14-27)22(30)18(2)31-23-26-25-21(20-9-11-24-12-10-20)29(23)17-19-7-5-4-6-8-19/h4-12,18H,3,13-17H2,1-2H3. The number of piperazine rings is 1. The normalized spacial score (nSPS) is 15.7. The van der Waals surface area contributed by atoms with E-state index in [1.54, 1.807) is 12.4 Å². The first-order chi connectivity index (χ1) is 15.2. The average molecular weight is 437 g/mol. The molecule has 0 saturated carbocycles. The summed E-state index contributed by atoms with van der Waals surface area (Å²) < 4.78 is 2.09. The van der Waals surface area contributed by atoms with Gasteiger partial charge >= 0.3 is 0 Å². The molecule has 1 aliphatic rings. The summed E-state index contributed by atoms with van der Waals surface area (Å²) in [6.45, 7) is 9.26. The predicted molar refractivity (Wildman–Crippen MR) is 123 cm³/mol. The largest absolute Gasteiger partial charge is 0.339 e. The van der Waals surface area contributed by atoms with Gasteiger partial charge in [0.25, 0.3) is 0 Å². The van der Waals surface area contributed by atoms with Crippen LogP contribution in [0.1, 0.15) is 19.4 Å². The number of amides is 1. The summed E-state index contributed by atoms with van der Waals surface area (Å²) in [5, 5.41) is 9.45. The molecule has 0 bridgehead atoms. The zero-order valence-electron chi connectivity index (χ0n) is 18.0. The molecule has 3 heterocycles. The number of nitrogens with zero attached hydrogens (tertiary/aromatic N) is 6. The highest BCUT2D eigenvalue weighted by atomic mass is 32.2. The van der Waals surface area contributed by atoms with Gasteiger partial charge < -0.3 is 9.80 Å². The third kappa shape index (κ3) is 5.14. The number of likely N-dealkylation sites (N-methyl/N-ethyl adjacent to an activating group) is 1. The first-order valence-electron chi connectivity index (χ1n) is 10.7. The van der Waals surface area contributed by atoms with E-state index >= 15 is 0 Å². The molecule has 0 radical (unpaired) electrons. The van der Waals surface area contributed by atoms with E-state index in [9.17, 15) is 4.79 Å². The van der Waals surface area contributed by atoms with Crippen LogP contribution in [-0.2, 0) is 11.3 Å². The Bertz CT molecular complexity index is 986. The van der Waals surface area contributed by atoms with Crippen LogP contribution < -0.4 is 0 Å². The molecule has 0 aliphatic carbocycles. The first-order valence-corrected chi connectivity index (χ1v) is 11.6. The maximum atomic E-state index is 13.1. The van der Waals surface area contributed by atoms with Gasteiger partial charge in [-0.2, -0.15) is 0 Å². The SMILES string of the molecule is CCN1CCN(C(=O)C(C)Sc2nnc(-c3ccncc3)n2Cc2ccccc2)CC1. The summed E-state index contributed by atoms with van der Waals surface area (Å²) in [6.07, 6.45) is 3.51. The molecule has 1 unspecified atom stereocenters. The van der Waals surface area contributed by atoms with E-state index in [4.69, 9.17) is 0 Å². The molecule has 162 valence electrons. The summed E-state index contributed by atoms with van der Waals surface area (Å²) in [7, 11) is 0. The highest BCUT2D eigenvalue weighted by molar-refractivity contribution is 8.00. The molecule has 1 fully saturated rings. The van der Waals surface area contributed by atoms with Gasteiger partial charge in [0.15, 0.2) is 11.0 Å². The monoisotopic (exact) mass is 436 g/mol. The van der Waals surface area contributed by atoms with E-state index in [1.807, 2.05) is 42.2 Å². The fourth-order valence-corrected chi connectivity index (χ4v) is 4.68. The third-order valence-electron chi connectivity index (χ3n) is 5.60. The van der Waals surface area contributed by atoms with Crippen LogP contribution in [0.2, 0.25) is 0 Å². The lowest BCUT2D eigenvalue weighted by molar-refractivity contribution is -0.132. The van der Waals surface area contributed by atoms with Crippen molar-refractivity contribution in [2.45, 2.75) is 30.8 Å². The number of benzene rings is 1. The van der Waals surface area contributed by atoms with Crippen molar-refractivity contribution < 1.29 is 4.79 Å². The second-order valence-corrected chi connectivity index (χ2v) is 8.94. The topological polar surface area (TPSA) is 67.2 Å². The third-order valence-corrected chi connectivity index (χ3v) is 6.67. The summed E-state index contributed by atoms with van der Waals surface area (Å²) in [4.78, 5) is 21.5. The van der Waals surface area contributed by atoms with E-state index in [0.717, 1.165) is 54.8 Å². The average Bonchev–Trinajstić information content (AvgIpc) is 3.21. The molecular weight excluding hydrogens is 408 g/mol. The number of carbonyl (C=O) groups excluding carboxylic acids is 1. The van der Waals surface area contributed by atoms with Crippen molar-refractivity contribution in [2.24, 2.45) is 0 Å². The lowest BCUT2D eigenvalue weighted by Crippen LogP contribution is -2.50. The lowest BCUT2D eigenvalue weighted by atomic mass is 10.2. The molecule has 8 heteroatoms. The van der Waals surface area contributed by atoms with Crippen LogP contribution >= 0.6 is 11.8 Å². The number of pyridine rings is 1. The van der Waals surface area contributed by atoms with Crippen molar-refractivity contribution in [2.75, 3.05) is 32.7 Å². The van der Waals surface area contributed by atoms with E-state index in [0.29, 0.717) is 6.54 Å². The Hall–Kier alpha value is -2.71. The van der Waals surface area contributed by atoms with Crippen molar-refractivity contribution in [3.63, 3.8) is 0 Å². The molecule has 2 aromatic heterocycles. The van der Waals surface area contributed by atoms with Crippen molar-refractivity contribution in [3.05, 3.63) is 60.4 Å². The van der Waals surface area contributed by atoms with Gasteiger partial charge in [0.2, 0.25) is 5.91 Å². The van der Waals surface area contributed by atoms with Crippen molar-refractivity contribution in [1.82, 2.24) is 29.5 Å². The minimum atomic E-state index is -0.225. The van der Waals surface area contributed by atoms with Gasteiger partial charge in [-0.05, 0) is 31.2 Å². The molecule has 1 amide bonds.